The molecule has 0 N–H and O–H groups in total. The van der Waals surface area contributed by atoms with Crippen molar-refractivity contribution in [3.63, 3.8) is 0 Å². The summed E-state index contributed by atoms with van der Waals surface area (Å²) >= 11 is 0. The van der Waals surface area contributed by atoms with Crippen LogP contribution in [0.25, 0.3) is 0 Å². The second kappa shape index (κ2) is 5.05. The van der Waals surface area contributed by atoms with E-state index < -0.39 is 5.54 Å². The molecule has 1 saturated heterocycles. The van der Waals surface area contributed by atoms with Crippen LogP contribution in [0.3, 0.4) is 0 Å². The minimum atomic E-state index is -0.616. The van der Waals surface area contributed by atoms with Gasteiger partial charge in [0, 0.05) is 0 Å². The Labute approximate surface area is 148 Å². The van der Waals surface area contributed by atoms with Crippen molar-refractivity contribution in [3.8, 4) is 0 Å². The van der Waals surface area contributed by atoms with Crippen molar-refractivity contribution in [1.29, 1.82) is 0 Å². The predicted octanol–water partition coefficient (Wildman–Crippen LogP) is 4.25. The van der Waals surface area contributed by atoms with E-state index in [4.69, 9.17) is 0 Å². The van der Waals surface area contributed by atoms with Crippen molar-refractivity contribution >= 4 is 17.3 Å². The molecule has 1 aromatic rings. The molecule has 0 atom stereocenters. The summed E-state index contributed by atoms with van der Waals surface area (Å²) in [6, 6.07) is 7.68. The van der Waals surface area contributed by atoms with E-state index in [1.165, 1.54) is 32.1 Å². The summed E-state index contributed by atoms with van der Waals surface area (Å²) in [6.07, 6.45) is 6.47. The molecule has 1 amide bonds. The number of carbonyl (C=O) groups is 1. The van der Waals surface area contributed by atoms with E-state index in [2.05, 4.69) is 10.2 Å². The zero-order chi connectivity index (χ0) is 17.3. The Morgan fingerprint density at radius 2 is 1.60 bits per heavy atom. The zero-order valence-electron chi connectivity index (χ0n) is 14.9. The fourth-order valence-electron chi connectivity index (χ4n) is 6.39. The first-order valence-electron chi connectivity index (χ1n) is 9.57. The number of hydrogen-bond donors (Lipinski definition) is 0. The number of hydrogen-bond acceptors (Lipinski definition) is 4. The van der Waals surface area contributed by atoms with Gasteiger partial charge in [-0.05, 0) is 86.9 Å². The Balaban J connectivity index is 1.54. The second-order valence-corrected chi connectivity index (χ2v) is 9.02. The number of hydrazine groups is 1. The molecule has 0 spiro atoms. The van der Waals surface area contributed by atoms with Crippen LogP contribution < -0.4 is 5.01 Å². The number of nitrogens with zero attached hydrogens (tertiary/aromatic N) is 3. The fourth-order valence-corrected chi connectivity index (χ4v) is 6.39. The van der Waals surface area contributed by atoms with E-state index in [1.807, 2.05) is 37.1 Å². The molecule has 1 heterocycles. The molecule has 1 aromatic carbocycles. The van der Waals surface area contributed by atoms with E-state index >= 15 is 0 Å². The smallest absolute Gasteiger partial charge is 0.268 e. The Morgan fingerprint density at radius 3 is 2.20 bits per heavy atom. The monoisotopic (exact) mass is 339 g/mol. The predicted molar refractivity (Wildman–Crippen MR) is 96.1 cm³/mol. The summed E-state index contributed by atoms with van der Waals surface area (Å²) in [5.41, 5.74) is 0.558. The van der Waals surface area contributed by atoms with E-state index in [0.29, 0.717) is 23.6 Å². The lowest BCUT2D eigenvalue weighted by atomic mass is 9.53. The molecule has 4 saturated carbocycles. The molecule has 6 rings (SSSR count). The van der Waals surface area contributed by atoms with Crippen molar-refractivity contribution in [3.05, 3.63) is 29.2 Å². The van der Waals surface area contributed by atoms with Gasteiger partial charge in [0.1, 0.15) is 11.2 Å². The highest BCUT2D eigenvalue weighted by Crippen LogP contribution is 2.57. The van der Waals surface area contributed by atoms with Gasteiger partial charge in [0.2, 0.25) is 0 Å². The minimum absolute atomic E-state index is 0.186. The molecule has 5 nitrogen and oxygen atoms in total. The molecular weight excluding hydrogens is 314 g/mol. The maximum Gasteiger partial charge on any atom is 0.268 e. The quantitative estimate of drug-likeness (QED) is 0.774. The number of carbonyl (C=O) groups excluding carboxylic acids is 1. The molecule has 0 unspecified atom stereocenters. The third-order valence-electron chi connectivity index (χ3n) is 7.14. The van der Waals surface area contributed by atoms with Crippen LogP contribution in [-0.4, -0.2) is 22.5 Å². The van der Waals surface area contributed by atoms with Crippen molar-refractivity contribution < 1.29 is 4.79 Å². The van der Waals surface area contributed by atoms with Crippen molar-refractivity contribution in [2.45, 2.75) is 57.5 Å². The summed E-state index contributed by atoms with van der Waals surface area (Å²) in [4.78, 5) is 24.4. The Bertz CT molecular complexity index is 716. The maximum atomic E-state index is 13.1. The average molecular weight is 339 g/mol. The molecule has 0 radical (unpaired) electrons. The van der Waals surface area contributed by atoms with Crippen molar-refractivity contribution in [1.82, 2.24) is 5.01 Å². The molecule has 132 valence electrons. The van der Waals surface area contributed by atoms with Crippen LogP contribution >= 0.6 is 0 Å². The Hall–Kier alpha value is -1.91. The highest BCUT2D eigenvalue weighted by atomic mass is 16.3. The molecule has 4 bridgehead atoms. The molecule has 4 aliphatic carbocycles. The Kier molecular flexibility index (Phi) is 3.10. The number of rotatable bonds is 3. The summed E-state index contributed by atoms with van der Waals surface area (Å²) in [5.74, 6) is 3.18. The largest absolute Gasteiger partial charge is 0.270 e. The molecule has 5 heteroatoms. The molecular formula is C20H25N3O2. The van der Waals surface area contributed by atoms with Gasteiger partial charge in [-0.3, -0.25) is 9.80 Å². The highest BCUT2D eigenvalue weighted by Gasteiger charge is 2.61. The number of nitroso groups, excluding NO2 is 1. The summed E-state index contributed by atoms with van der Waals surface area (Å²) in [7, 11) is 0. The van der Waals surface area contributed by atoms with E-state index in [-0.39, 0.29) is 5.91 Å². The van der Waals surface area contributed by atoms with E-state index in [1.54, 1.807) is 6.07 Å². The van der Waals surface area contributed by atoms with Gasteiger partial charge < -0.3 is 0 Å². The third kappa shape index (κ3) is 1.98. The third-order valence-corrected chi connectivity index (χ3v) is 7.14. The average Bonchev–Trinajstić information content (AvgIpc) is 2.59. The standard InChI is InChI=1S/C20H25N3O2/c1-20(2)19(24)22(23(20)17-6-4-3-5-16(17)21-25)18-14-8-12-7-13(10-14)11-15(18)9-12/h3-6,12-15,18H,7-11H2,1-2H3. The van der Waals surface area contributed by atoms with Crippen LogP contribution in [0.1, 0.15) is 46.0 Å². The van der Waals surface area contributed by atoms with Gasteiger partial charge >= 0.3 is 0 Å². The van der Waals surface area contributed by atoms with Crippen LogP contribution in [0.4, 0.5) is 11.4 Å². The normalized spacial score (nSPS) is 38.0. The van der Waals surface area contributed by atoms with Crippen LogP contribution in [0.2, 0.25) is 0 Å². The van der Waals surface area contributed by atoms with Gasteiger partial charge in [-0.15, -0.1) is 4.91 Å². The van der Waals surface area contributed by atoms with E-state index in [0.717, 1.165) is 17.5 Å². The lowest BCUT2D eigenvalue weighted by Gasteiger charge is -2.65. The number of benzene rings is 1. The Morgan fingerprint density at radius 1 is 1.00 bits per heavy atom. The first-order valence-corrected chi connectivity index (χ1v) is 9.57. The molecule has 5 fully saturated rings. The second-order valence-electron chi connectivity index (χ2n) is 9.02. The lowest BCUT2D eigenvalue weighted by molar-refractivity contribution is -0.170. The van der Waals surface area contributed by atoms with Crippen molar-refractivity contribution in [2.75, 3.05) is 5.01 Å². The SMILES string of the molecule is CC1(C)C(=O)N(C2C3CC4CC(C3)CC2C4)N1c1ccccc1N=O. The van der Waals surface area contributed by atoms with Crippen LogP contribution in [0.15, 0.2) is 29.4 Å². The molecule has 5 aliphatic rings. The van der Waals surface area contributed by atoms with Crippen LogP contribution in [0, 0.1) is 28.6 Å². The van der Waals surface area contributed by atoms with Gasteiger partial charge in [0.05, 0.1) is 11.7 Å². The number of amides is 1. The van der Waals surface area contributed by atoms with E-state index in [9.17, 15) is 9.70 Å². The van der Waals surface area contributed by atoms with Gasteiger partial charge in [-0.1, -0.05) is 12.1 Å². The van der Waals surface area contributed by atoms with Crippen LogP contribution in [0.5, 0.6) is 0 Å². The zero-order valence-corrected chi connectivity index (χ0v) is 14.9. The number of para-hydroxylation sites is 1. The van der Waals surface area contributed by atoms with Gasteiger partial charge in [0.15, 0.2) is 0 Å². The summed E-state index contributed by atoms with van der Waals surface area (Å²) in [5, 5.41) is 7.26. The maximum absolute atomic E-state index is 13.1. The van der Waals surface area contributed by atoms with Crippen molar-refractivity contribution in [2.24, 2.45) is 28.8 Å². The topological polar surface area (TPSA) is 53.0 Å². The molecule has 1 aliphatic heterocycles. The van der Waals surface area contributed by atoms with Crippen LogP contribution in [-0.2, 0) is 4.79 Å². The lowest BCUT2D eigenvalue weighted by Crippen LogP contribution is -2.80. The summed E-state index contributed by atoms with van der Waals surface area (Å²) in [6.45, 7) is 3.90. The minimum Gasteiger partial charge on any atom is -0.270 e. The first-order chi connectivity index (χ1) is 12.0. The first kappa shape index (κ1) is 15.4. The summed E-state index contributed by atoms with van der Waals surface area (Å²) < 4.78 is 0. The van der Waals surface area contributed by atoms with Gasteiger partial charge in [-0.2, -0.15) is 0 Å². The number of anilines is 1. The molecule has 25 heavy (non-hydrogen) atoms. The van der Waals surface area contributed by atoms with Gasteiger partial charge in [-0.25, -0.2) is 5.01 Å². The molecule has 0 aromatic heterocycles. The fraction of sp³-hybridized carbons (Fsp3) is 0.650. The highest BCUT2D eigenvalue weighted by molar-refractivity contribution is 5.99. The van der Waals surface area contributed by atoms with Gasteiger partial charge in [0.25, 0.3) is 5.91 Å².